The largest absolute Gasteiger partial charge is 0.301 e. The number of non-ortho nitro benzene ring substituents is 1. The molecule has 8 heteroatoms. The van der Waals surface area contributed by atoms with Gasteiger partial charge in [-0.25, -0.2) is 0 Å². The van der Waals surface area contributed by atoms with Gasteiger partial charge in [0.05, 0.1) is 15.9 Å². The molecule has 1 aliphatic heterocycles. The summed E-state index contributed by atoms with van der Waals surface area (Å²) in [7, 11) is 0. The number of benzene rings is 1. The van der Waals surface area contributed by atoms with Gasteiger partial charge in [0.25, 0.3) is 5.69 Å². The standard InChI is InChI=1S/C11H12N4O4/c1-7-6-13(12-8(7)2)10-4-3-9(14(16)17)5-11(10)15(18)19/h3-5,7H,6H2,1-2H3. The van der Waals surface area contributed by atoms with Crippen molar-refractivity contribution in [3.63, 3.8) is 0 Å². The summed E-state index contributed by atoms with van der Waals surface area (Å²) in [5.74, 6) is 0.204. The predicted octanol–water partition coefficient (Wildman–Crippen LogP) is 2.33. The third-order valence-electron chi connectivity index (χ3n) is 3.08. The van der Waals surface area contributed by atoms with Crippen molar-refractivity contribution >= 4 is 22.8 Å². The molecule has 0 aliphatic carbocycles. The van der Waals surface area contributed by atoms with Crippen LogP contribution in [-0.2, 0) is 0 Å². The number of hydrogen-bond acceptors (Lipinski definition) is 6. The summed E-state index contributed by atoms with van der Waals surface area (Å²) < 4.78 is 0. The molecule has 0 amide bonds. The van der Waals surface area contributed by atoms with E-state index in [0.29, 0.717) is 6.54 Å². The van der Waals surface area contributed by atoms with Crippen molar-refractivity contribution in [1.29, 1.82) is 0 Å². The molecule has 0 aromatic heterocycles. The van der Waals surface area contributed by atoms with Crippen LogP contribution in [0.15, 0.2) is 23.3 Å². The van der Waals surface area contributed by atoms with Gasteiger partial charge in [0.15, 0.2) is 0 Å². The average molecular weight is 264 g/mol. The van der Waals surface area contributed by atoms with Crippen molar-refractivity contribution in [3.05, 3.63) is 38.4 Å². The third kappa shape index (κ3) is 2.37. The highest BCUT2D eigenvalue weighted by molar-refractivity contribution is 5.88. The molecule has 0 saturated carbocycles. The van der Waals surface area contributed by atoms with Gasteiger partial charge in [-0.05, 0) is 13.0 Å². The number of hydrazone groups is 1. The minimum atomic E-state index is -0.655. The molecule has 8 nitrogen and oxygen atoms in total. The maximum atomic E-state index is 11.0. The lowest BCUT2D eigenvalue weighted by Gasteiger charge is -2.14. The Kier molecular flexibility index (Phi) is 3.16. The Labute approximate surface area is 108 Å². The Morgan fingerprint density at radius 1 is 1.32 bits per heavy atom. The van der Waals surface area contributed by atoms with E-state index in [1.165, 1.54) is 17.1 Å². The lowest BCUT2D eigenvalue weighted by molar-refractivity contribution is -0.393. The predicted molar refractivity (Wildman–Crippen MR) is 69.4 cm³/mol. The molecule has 0 saturated heterocycles. The van der Waals surface area contributed by atoms with Crippen molar-refractivity contribution in [1.82, 2.24) is 0 Å². The van der Waals surface area contributed by atoms with Gasteiger partial charge in [-0.3, -0.25) is 25.2 Å². The van der Waals surface area contributed by atoms with Crippen LogP contribution in [-0.4, -0.2) is 22.1 Å². The number of nitro benzene ring substituents is 2. The molecule has 1 atom stereocenters. The fourth-order valence-corrected chi connectivity index (χ4v) is 1.86. The van der Waals surface area contributed by atoms with Crippen molar-refractivity contribution < 1.29 is 9.85 Å². The number of anilines is 1. The maximum absolute atomic E-state index is 11.0. The average Bonchev–Trinajstić information content (AvgIpc) is 2.68. The van der Waals surface area contributed by atoms with E-state index in [9.17, 15) is 20.2 Å². The molecule has 19 heavy (non-hydrogen) atoms. The van der Waals surface area contributed by atoms with Crippen LogP contribution in [0.4, 0.5) is 17.1 Å². The van der Waals surface area contributed by atoms with Crippen molar-refractivity contribution in [2.24, 2.45) is 11.0 Å². The second-order valence-corrected chi connectivity index (χ2v) is 4.41. The van der Waals surface area contributed by atoms with Gasteiger partial charge in [0.2, 0.25) is 0 Å². The first-order chi connectivity index (χ1) is 8.90. The zero-order valence-corrected chi connectivity index (χ0v) is 10.4. The zero-order valence-electron chi connectivity index (χ0n) is 10.4. The summed E-state index contributed by atoms with van der Waals surface area (Å²) in [4.78, 5) is 20.4. The number of rotatable bonds is 3. The quantitative estimate of drug-likeness (QED) is 0.615. The van der Waals surface area contributed by atoms with Gasteiger partial charge in [0.1, 0.15) is 5.69 Å². The number of nitro groups is 2. The minimum absolute atomic E-state index is 0.204. The molecular weight excluding hydrogens is 252 g/mol. The smallest absolute Gasteiger partial charge is 0.258 e. The highest BCUT2D eigenvalue weighted by Gasteiger charge is 2.28. The van der Waals surface area contributed by atoms with Gasteiger partial charge in [-0.15, -0.1) is 0 Å². The van der Waals surface area contributed by atoms with E-state index in [-0.39, 0.29) is 23.0 Å². The Morgan fingerprint density at radius 2 is 2.00 bits per heavy atom. The lowest BCUT2D eigenvalue weighted by atomic mass is 10.1. The summed E-state index contributed by atoms with van der Waals surface area (Å²) in [5, 5.41) is 27.4. The summed E-state index contributed by atoms with van der Waals surface area (Å²) in [5.41, 5.74) is 0.551. The number of nitrogens with zero attached hydrogens (tertiary/aromatic N) is 4. The first-order valence-corrected chi connectivity index (χ1v) is 5.65. The van der Waals surface area contributed by atoms with Crippen LogP contribution in [0.3, 0.4) is 0 Å². The van der Waals surface area contributed by atoms with Crippen LogP contribution in [0.25, 0.3) is 0 Å². The maximum Gasteiger partial charge on any atom is 0.301 e. The van der Waals surface area contributed by atoms with Crippen LogP contribution < -0.4 is 5.01 Å². The van der Waals surface area contributed by atoms with Crippen LogP contribution in [0.1, 0.15) is 13.8 Å². The fraction of sp³-hybridized carbons (Fsp3) is 0.364. The molecule has 2 rings (SSSR count). The Morgan fingerprint density at radius 3 is 2.47 bits per heavy atom. The van der Waals surface area contributed by atoms with Crippen LogP contribution in [0.5, 0.6) is 0 Å². The van der Waals surface area contributed by atoms with Crippen LogP contribution in [0.2, 0.25) is 0 Å². The molecule has 1 unspecified atom stereocenters. The molecule has 0 fully saturated rings. The minimum Gasteiger partial charge on any atom is -0.258 e. The summed E-state index contributed by atoms with van der Waals surface area (Å²) in [6, 6.07) is 3.57. The molecular formula is C11H12N4O4. The first kappa shape index (κ1) is 12.9. The topological polar surface area (TPSA) is 102 Å². The SMILES string of the molecule is CC1=NN(c2ccc([N+](=O)[O-])cc2[N+](=O)[O-])CC1C. The van der Waals surface area contributed by atoms with E-state index in [0.717, 1.165) is 11.8 Å². The normalized spacial score (nSPS) is 18.3. The van der Waals surface area contributed by atoms with Crippen molar-refractivity contribution in [2.45, 2.75) is 13.8 Å². The van der Waals surface area contributed by atoms with E-state index in [2.05, 4.69) is 5.10 Å². The molecule has 0 spiro atoms. The molecule has 1 aliphatic rings. The Hall–Kier alpha value is -2.51. The zero-order chi connectivity index (χ0) is 14.2. The van der Waals surface area contributed by atoms with E-state index in [4.69, 9.17) is 0 Å². The van der Waals surface area contributed by atoms with Crippen LogP contribution >= 0.6 is 0 Å². The van der Waals surface area contributed by atoms with Gasteiger partial charge < -0.3 is 0 Å². The summed E-state index contributed by atoms with van der Waals surface area (Å²) >= 11 is 0. The third-order valence-corrected chi connectivity index (χ3v) is 3.08. The second-order valence-electron chi connectivity index (χ2n) is 4.41. The molecule has 0 N–H and O–H groups in total. The molecule has 1 aromatic carbocycles. The molecule has 0 bridgehead atoms. The summed E-state index contributed by atoms with van der Waals surface area (Å²) in [6.07, 6.45) is 0. The summed E-state index contributed by atoms with van der Waals surface area (Å²) in [6.45, 7) is 4.35. The first-order valence-electron chi connectivity index (χ1n) is 5.65. The molecule has 1 heterocycles. The van der Waals surface area contributed by atoms with Gasteiger partial charge >= 0.3 is 5.69 Å². The van der Waals surface area contributed by atoms with Gasteiger partial charge in [-0.1, -0.05) is 6.92 Å². The van der Waals surface area contributed by atoms with E-state index >= 15 is 0 Å². The Bertz CT molecular complexity index is 584. The fourth-order valence-electron chi connectivity index (χ4n) is 1.86. The van der Waals surface area contributed by atoms with Crippen LogP contribution in [0, 0.1) is 26.1 Å². The molecule has 100 valence electrons. The highest BCUT2D eigenvalue weighted by Crippen LogP contribution is 2.34. The van der Waals surface area contributed by atoms with Crippen molar-refractivity contribution in [2.75, 3.05) is 11.6 Å². The molecule has 1 aromatic rings. The molecule has 0 radical (unpaired) electrons. The highest BCUT2D eigenvalue weighted by atomic mass is 16.6. The second kappa shape index (κ2) is 4.63. The lowest BCUT2D eigenvalue weighted by Crippen LogP contribution is -2.17. The van der Waals surface area contributed by atoms with Gasteiger partial charge in [0, 0.05) is 24.2 Å². The van der Waals surface area contributed by atoms with E-state index < -0.39 is 9.85 Å². The number of hydrogen-bond donors (Lipinski definition) is 0. The van der Waals surface area contributed by atoms with Crippen molar-refractivity contribution in [3.8, 4) is 0 Å². The Balaban J connectivity index is 2.47. The van der Waals surface area contributed by atoms with E-state index in [1.54, 1.807) is 0 Å². The monoisotopic (exact) mass is 264 g/mol. The van der Waals surface area contributed by atoms with E-state index in [1.807, 2.05) is 13.8 Å². The van der Waals surface area contributed by atoms with Gasteiger partial charge in [-0.2, -0.15) is 5.10 Å².